The van der Waals surface area contributed by atoms with Gasteiger partial charge in [-0.05, 0) is 25.0 Å². The van der Waals surface area contributed by atoms with Crippen LogP contribution >= 0.6 is 11.8 Å². The highest BCUT2D eigenvalue weighted by Gasteiger charge is 2.24. The lowest BCUT2D eigenvalue weighted by atomic mass is 10.2. The molecule has 0 fully saturated rings. The summed E-state index contributed by atoms with van der Waals surface area (Å²) in [4.78, 5) is 24.5. The van der Waals surface area contributed by atoms with Gasteiger partial charge in [-0.25, -0.2) is 0 Å². The molecule has 0 aliphatic carbocycles. The van der Waals surface area contributed by atoms with Crippen molar-refractivity contribution in [2.75, 3.05) is 17.2 Å². The zero-order chi connectivity index (χ0) is 13.1. The lowest BCUT2D eigenvalue weighted by Crippen LogP contribution is -2.31. The molecule has 0 saturated heterocycles. The zero-order valence-corrected chi connectivity index (χ0v) is 10.9. The Balaban J connectivity index is 1.97. The number of hydrogen-bond donors (Lipinski definition) is 1. The van der Waals surface area contributed by atoms with Gasteiger partial charge in [0.15, 0.2) is 0 Å². The summed E-state index contributed by atoms with van der Waals surface area (Å²) >= 11 is 1.16. The summed E-state index contributed by atoms with van der Waals surface area (Å²) in [5.74, 6) is -0.686. The van der Waals surface area contributed by atoms with Crippen LogP contribution in [0.5, 0.6) is 0 Å². The number of carbonyl (C=O) groups is 2. The lowest BCUT2D eigenvalue weighted by molar-refractivity contribution is -0.136. The van der Waals surface area contributed by atoms with Crippen molar-refractivity contribution in [3.63, 3.8) is 0 Å². The Morgan fingerprint density at radius 1 is 1.44 bits per heavy atom. The molecule has 1 N–H and O–H groups in total. The van der Waals surface area contributed by atoms with E-state index in [1.807, 2.05) is 24.3 Å². The predicted molar refractivity (Wildman–Crippen MR) is 72.1 cm³/mol. The summed E-state index contributed by atoms with van der Waals surface area (Å²) in [6.45, 7) is 2.29. The summed E-state index contributed by atoms with van der Waals surface area (Å²) in [6.07, 6.45) is 0.876. The van der Waals surface area contributed by atoms with Gasteiger partial charge in [0.05, 0.1) is 11.0 Å². The van der Waals surface area contributed by atoms with Gasteiger partial charge in [-0.1, -0.05) is 18.2 Å². The van der Waals surface area contributed by atoms with Crippen LogP contribution in [-0.4, -0.2) is 34.5 Å². The molecular formula is C13H15NO3S. The van der Waals surface area contributed by atoms with E-state index < -0.39 is 11.2 Å². The highest BCUT2D eigenvalue weighted by Crippen LogP contribution is 2.28. The third kappa shape index (κ3) is 2.67. The first-order chi connectivity index (χ1) is 8.59. The van der Waals surface area contributed by atoms with Gasteiger partial charge in [-0.2, -0.15) is 0 Å². The first-order valence-electron chi connectivity index (χ1n) is 5.82. The molecule has 18 heavy (non-hydrogen) atoms. The molecule has 2 rings (SSSR count). The monoisotopic (exact) mass is 265 g/mol. The van der Waals surface area contributed by atoms with E-state index in [0.29, 0.717) is 6.54 Å². The lowest BCUT2D eigenvalue weighted by Gasteiger charge is -2.17. The maximum Gasteiger partial charge on any atom is 0.316 e. The van der Waals surface area contributed by atoms with Gasteiger partial charge in [-0.3, -0.25) is 9.59 Å². The van der Waals surface area contributed by atoms with Crippen LogP contribution in [0.3, 0.4) is 0 Å². The second-order valence-electron chi connectivity index (χ2n) is 4.22. The number of benzene rings is 1. The molecule has 1 unspecified atom stereocenters. The topological polar surface area (TPSA) is 57.6 Å². The van der Waals surface area contributed by atoms with Crippen molar-refractivity contribution >= 4 is 29.3 Å². The Labute approximate surface area is 110 Å². The molecule has 1 aromatic carbocycles. The number of carboxylic acids is 1. The number of thioether (sulfide) groups is 1. The Bertz CT molecular complexity index is 475. The normalized spacial score (nSPS) is 15.3. The number of amides is 1. The first-order valence-corrected chi connectivity index (χ1v) is 6.87. The van der Waals surface area contributed by atoms with Crippen LogP contribution in [0.25, 0.3) is 0 Å². The molecule has 1 atom stereocenters. The van der Waals surface area contributed by atoms with E-state index in [2.05, 4.69) is 0 Å². The minimum absolute atomic E-state index is 0.0157. The van der Waals surface area contributed by atoms with Crippen LogP contribution in [0, 0.1) is 0 Å². The number of carboxylic acid groups (broad SMARTS) is 1. The quantitative estimate of drug-likeness (QED) is 0.901. The molecule has 1 amide bonds. The van der Waals surface area contributed by atoms with Crippen LogP contribution in [0.4, 0.5) is 5.69 Å². The molecule has 0 aromatic heterocycles. The average molecular weight is 265 g/mol. The van der Waals surface area contributed by atoms with Gasteiger partial charge < -0.3 is 10.0 Å². The molecule has 1 aromatic rings. The van der Waals surface area contributed by atoms with Gasteiger partial charge in [-0.15, -0.1) is 11.8 Å². The van der Waals surface area contributed by atoms with Gasteiger partial charge in [0.25, 0.3) is 0 Å². The number of fused-ring (bicyclic) bond motifs is 1. The van der Waals surface area contributed by atoms with Crippen molar-refractivity contribution in [1.82, 2.24) is 0 Å². The summed E-state index contributed by atoms with van der Waals surface area (Å²) in [5.41, 5.74) is 2.15. The van der Waals surface area contributed by atoms with Crippen LogP contribution in [0.1, 0.15) is 12.5 Å². The number of anilines is 1. The SMILES string of the molecule is CC(SCC(=O)N1CCc2ccccc21)C(=O)O. The van der Waals surface area contributed by atoms with E-state index in [9.17, 15) is 9.59 Å². The van der Waals surface area contributed by atoms with Crippen molar-refractivity contribution in [3.8, 4) is 0 Å². The predicted octanol–water partition coefficient (Wildman–Crippen LogP) is 1.78. The molecule has 5 heteroatoms. The Kier molecular flexibility index (Phi) is 3.91. The Morgan fingerprint density at radius 3 is 2.89 bits per heavy atom. The van der Waals surface area contributed by atoms with Gasteiger partial charge >= 0.3 is 5.97 Å². The molecule has 4 nitrogen and oxygen atoms in total. The second kappa shape index (κ2) is 5.44. The van der Waals surface area contributed by atoms with Crippen LogP contribution in [-0.2, 0) is 16.0 Å². The average Bonchev–Trinajstić information content (AvgIpc) is 2.79. The third-order valence-electron chi connectivity index (χ3n) is 2.99. The van der Waals surface area contributed by atoms with E-state index in [1.54, 1.807) is 11.8 Å². The van der Waals surface area contributed by atoms with E-state index >= 15 is 0 Å². The van der Waals surface area contributed by atoms with Crippen LogP contribution in [0.2, 0.25) is 0 Å². The molecule has 0 saturated carbocycles. The van der Waals surface area contributed by atoms with Crippen LogP contribution in [0.15, 0.2) is 24.3 Å². The highest BCUT2D eigenvalue weighted by atomic mass is 32.2. The van der Waals surface area contributed by atoms with Crippen molar-refractivity contribution in [2.45, 2.75) is 18.6 Å². The third-order valence-corrected chi connectivity index (χ3v) is 4.11. The summed E-state index contributed by atoms with van der Waals surface area (Å²) in [6, 6.07) is 7.84. The number of para-hydroxylation sites is 1. The largest absolute Gasteiger partial charge is 0.480 e. The second-order valence-corrected chi connectivity index (χ2v) is 5.54. The molecular weight excluding hydrogens is 250 g/mol. The summed E-state index contributed by atoms with van der Waals surface area (Å²) < 4.78 is 0. The maximum atomic E-state index is 12.0. The minimum atomic E-state index is -0.880. The number of aliphatic carboxylic acids is 1. The Hall–Kier alpha value is -1.49. The summed E-state index contributed by atoms with van der Waals surface area (Å²) in [7, 11) is 0. The molecule has 0 radical (unpaired) electrons. The number of carbonyl (C=O) groups excluding carboxylic acids is 1. The first kappa shape index (κ1) is 13.0. The van der Waals surface area contributed by atoms with Gasteiger partial charge in [0.1, 0.15) is 0 Å². The molecule has 1 aliphatic heterocycles. The molecule has 1 aliphatic rings. The van der Waals surface area contributed by atoms with E-state index in [1.165, 1.54) is 5.56 Å². The molecule has 96 valence electrons. The zero-order valence-electron chi connectivity index (χ0n) is 10.1. The fourth-order valence-corrected chi connectivity index (χ4v) is 2.63. The molecule has 0 bridgehead atoms. The van der Waals surface area contributed by atoms with Gasteiger partial charge in [0.2, 0.25) is 5.91 Å². The number of hydrogen-bond acceptors (Lipinski definition) is 3. The number of nitrogens with zero attached hydrogens (tertiary/aromatic N) is 1. The minimum Gasteiger partial charge on any atom is -0.480 e. The van der Waals surface area contributed by atoms with Crippen molar-refractivity contribution in [2.24, 2.45) is 0 Å². The maximum absolute atomic E-state index is 12.0. The fraction of sp³-hybridized carbons (Fsp3) is 0.385. The van der Waals surface area contributed by atoms with E-state index in [4.69, 9.17) is 5.11 Å². The highest BCUT2D eigenvalue weighted by molar-refractivity contribution is 8.01. The van der Waals surface area contributed by atoms with E-state index in [-0.39, 0.29) is 11.7 Å². The standard InChI is InChI=1S/C13H15NO3S/c1-9(13(16)17)18-8-12(15)14-7-6-10-4-2-3-5-11(10)14/h2-5,9H,6-8H2,1H3,(H,16,17). The van der Waals surface area contributed by atoms with Crippen molar-refractivity contribution < 1.29 is 14.7 Å². The fourth-order valence-electron chi connectivity index (χ4n) is 1.94. The smallest absolute Gasteiger partial charge is 0.316 e. The van der Waals surface area contributed by atoms with Crippen molar-refractivity contribution in [3.05, 3.63) is 29.8 Å². The van der Waals surface area contributed by atoms with Gasteiger partial charge in [0, 0.05) is 12.2 Å². The van der Waals surface area contributed by atoms with E-state index in [0.717, 1.165) is 23.9 Å². The Morgan fingerprint density at radius 2 is 2.17 bits per heavy atom. The molecule has 1 heterocycles. The van der Waals surface area contributed by atoms with Crippen LogP contribution < -0.4 is 4.90 Å². The molecule has 0 spiro atoms. The van der Waals surface area contributed by atoms with Crippen molar-refractivity contribution in [1.29, 1.82) is 0 Å². The summed E-state index contributed by atoms with van der Waals surface area (Å²) in [5, 5.41) is 8.22. The number of rotatable bonds is 4.